The van der Waals surface area contributed by atoms with Crippen molar-refractivity contribution in [1.82, 2.24) is 0 Å². The van der Waals surface area contributed by atoms with Crippen LogP contribution in [0.3, 0.4) is 0 Å². The van der Waals surface area contributed by atoms with Gasteiger partial charge in [-0.15, -0.1) is 0 Å². The summed E-state index contributed by atoms with van der Waals surface area (Å²) in [6, 6.07) is 21.1. The van der Waals surface area contributed by atoms with E-state index in [2.05, 4.69) is 72.3 Å². The van der Waals surface area contributed by atoms with Crippen LogP contribution in [0.25, 0.3) is 32.9 Å². The second kappa shape index (κ2) is 5.34. The molecule has 0 aliphatic heterocycles. The van der Waals surface area contributed by atoms with Crippen molar-refractivity contribution in [3.05, 3.63) is 71.8 Å². The second-order valence-electron chi connectivity index (χ2n) is 6.43. The molecule has 0 spiro atoms. The van der Waals surface area contributed by atoms with Crippen LogP contribution in [-0.4, -0.2) is 5.11 Å². The number of benzene rings is 3. The van der Waals surface area contributed by atoms with Crippen LogP contribution in [0.1, 0.15) is 11.1 Å². The molecule has 118 valence electrons. The van der Waals surface area contributed by atoms with Crippen LogP contribution < -0.4 is 4.57 Å². The number of hydrogen-bond acceptors (Lipinski definition) is 1. The zero-order valence-electron chi connectivity index (χ0n) is 14.2. The van der Waals surface area contributed by atoms with E-state index < -0.39 is 0 Å². The molecule has 4 aromatic rings. The summed E-state index contributed by atoms with van der Waals surface area (Å²) in [5.74, 6) is 0.383. The van der Waals surface area contributed by atoms with Crippen molar-refractivity contribution in [3.8, 4) is 16.9 Å². The number of para-hydroxylation sites is 2. The number of fused-ring (bicyclic) bond motifs is 2. The number of pyridine rings is 1. The van der Waals surface area contributed by atoms with E-state index in [1.165, 1.54) is 27.4 Å². The van der Waals surface area contributed by atoms with Gasteiger partial charge in [0.05, 0.1) is 10.8 Å². The maximum absolute atomic E-state index is 10.1. The molecule has 0 saturated carbocycles. The highest BCUT2D eigenvalue weighted by Gasteiger charge is 2.19. The van der Waals surface area contributed by atoms with Crippen LogP contribution in [0.2, 0.25) is 0 Å². The summed E-state index contributed by atoms with van der Waals surface area (Å²) in [6.45, 7) is 3.91. The maximum Gasteiger partial charge on any atom is 0.213 e. The van der Waals surface area contributed by atoms with Gasteiger partial charge in [-0.2, -0.15) is 4.57 Å². The zero-order valence-corrected chi connectivity index (χ0v) is 14.2. The molecule has 3 aromatic carbocycles. The number of nitrogens with zero attached hydrogens (tertiary/aromatic N) is 1. The predicted molar refractivity (Wildman–Crippen MR) is 99.2 cm³/mol. The number of rotatable bonds is 1. The average Bonchev–Trinajstić information content (AvgIpc) is 2.60. The summed E-state index contributed by atoms with van der Waals surface area (Å²) in [5, 5.41) is 12.6. The molecule has 0 atom stereocenters. The number of aromatic hydroxyl groups is 1. The standard InChI is InChI=1S/C22H19NO/c1-14-12-16(13-15(2)22(14)24)21-17-8-4-6-10-19(17)23(3)20-11-7-5-9-18(20)21/h4-13H,1-3H3/p+1. The maximum atomic E-state index is 10.1. The molecule has 24 heavy (non-hydrogen) atoms. The number of phenolic OH excluding ortho intramolecular Hbond substituents is 1. The SMILES string of the molecule is Cc1cc(-c2c3ccccc3[n+](C)c3ccccc23)cc(C)c1O. The Hall–Kier alpha value is -2.87. The lowest BCUT2D eigenvalue weighted by atomic mass is 9.93. The van der Waals surface area contributed by atoms with Gasteiger partial charge in [-0.05, 0) is 54.8 Å². The topological polar surface area (TPSA) is 24.1 Å². The van der Waals surface area contributed by atoms with Crippen molar-refractivity contribution in [2.75, 3.05) is 0 Å². The summed E-state index contributed by atoms with van der Waals surface area (Å²) in [6.07, 6.45) is 0. The highest BCUT2D eigenvalue weighted by atomic mass is 16.3. The Kier molecular flexibility index (Phi) is 3.27. The first-order valence-electron chi connectivity index (χ1n) is 8.18. The van der Waals surface area contributed by atoms with E-state index in [0.29, 0.717) is 5.75 Å². The normalized spacial score (nSPS) is 11.3. The van der Waals surface area contributed by atoms with Gasteiger partial charge in [0.2, 0.25) is 11.0 Å². The summed E-state index contributed by atoms with van der Waals surface area (Å²) in [5.41, 5.74) is 6.60. The highest BCUT2D eigenvalue weighted by Crippen LogP contribution is 2.36. The smallest absolute Gasteiger partial charge is 0.213 e. The number of aromatic nitrogens is 1. The minimum absolute atomic E-state index is 0.383. The molecule has 0 saturated heterocycles. The van der Waals surface area contributed by atoms with Gasteiger partial charge in [0, 0.05) is 17.7 Å². The van der Waals surface area contributed by atoms with Crippen molar-refractivity contribution in [2.45, 2.75) is 13.8 Å². The third-order valence-electron chi connectivity index (χ3n) is 4.85. The largest absolute Gasteiger partial charge is 0.507 e. The summed E-state index contributed by atoms with van der Waals surface area (Å²) in [7, 11) is 2.11. The van der Waals surface area contributed by atoms with E-state index in [-0.39, 0.29) is 0 Å². The van der Waals surface area contributed by atoms with Gasteiger partial charge in [0.25, 0.3) is 0 Å². The molecular weight excluding hydrogens is 294 g/mol. The van der Waals surface area contributed by atoms with Crippen LogP contribution in [-0.2, 0) is 7.05 Å². The van der Waals surface area contributed by atoms with Crippen molar-refractivity contribution >= 4 is 21.8 Å². The van der Waals surface area contributed by atoms with Gasteiger partial charge >= 0.3 is 0 Å². The predicted octanol–water partition coefficient (Wildman–Crippen LogP) is 4.81. The molecular formula is C22H20NO+. The Morgan fingerprint density at radius 3 is 1.71 bits per heavy atom. The molecule has 2 nitrogen and oxygen atoms in total. The second-order valence-corrected chi connectivity index (χ2v) is 6.43. The molecule has 2 heteroatoms. The molecule has 4 rings (SSSR count). The third kappa shape index (κ3) is 2.07. The lowest BCUT2D eigenvalue weighted by molar-refractivity contribution is -0.617. The quantitative estimate of drug-likeness (QED) is 0.396. The Morgan fingerprint density at radius 2 is 1.21 bits per heavy atom. The Balaban J connectivity index is 2.23. The molecule has 0 aliphatic rings. The number of phenols is 1. The third-order valence-corrected chi connectivity index (χ3v) is 4.85. The van der Waals surface area contributed by atoms with Gasteiger partial charge in [0.15, 0.2) is 0 Å². The molecule has 1 aromatic heterocycles. The van der Waals surface area contributed by atoms with E-state index in [4.69, 9.17) is 0 Å². The molecule has 0 radical (unpaired) electrons. The minimum atomic E-state index is 0.383. The van der Waals surface area contributed by atoms with E-state index in [1.807, 2.05) is 13.8 Å². The monoisotopic (exact) mass is 314 g/mol. The molecule has 0 aliphatic carbocycles. The van der Waals surface area contributed by atoms with Crippen molar-refractivity contribution in [2.24, 2.45) is 7.05 Å². The highest BCUT2D eigenvalue weighted by molar-refractivity contribution is 6.07. The van der Waals surface area contributed by atoms with Crippen LogP contribution >= 0.6 is 0 Å². The fraction of sp³-hybridized carbons (Fsp3) is 0.136. The van der Waals surface area contributed by atoms with Crippen LogP contribution in [0, 0.1) is 13.8 Å². The molecule has 1 N–H and O–H groups in total. The van der Waals surface area contributed by atoms with Crippen LogP contribution in [0.4, 0.5) is 0 Å². The van der Waals surface area contributed by atoms with E-state index in [1.54, 1.807) is 0 Å². The van der Waals surface area contributed by atoms with E-state index in [0.717, 1.165) is 16.7 Å². The van der Waals surface area contributed by atoms with Crippen molar-refractivity contribution in [3.63, 3.8) is 0 Å². The van der Waals surface area contributed by atoms with Gasteiger partial charge in [-0.1, -0.05) is 24.3 Å². The minimum Gasteiger partial charge on any atom is -0.507 e. The average molecular weight is 314 g/mol. The van der Waals surface area contributed by atoms with Crippen molar-refractivity contribution < 1.29 is 9.67 Å². The fourth-order valence-electron chi connectivity index (χ4n) is 3.64. The molecule has 0 amide bonds. The van der Waals surface area contributed by atoms with Crippen LogP contribution in [0.15, 0.2) is 60.7 Å². The van der Waals surface area contributed by atoms with Crippen LogP contribution in [0.5, 0.6) is 5.75 Å². The first kappa shape index (κ1) is 14.7. The first-order valence-corrected chi connectivity index (χ1v) is 8.18. The summed E-state index contributed by atoms with van der Waals surface area (Å²) >= 11 is 0. The Labute approximate surface area is 141 Å². The lowest BCUT2D eigenvalue weighted by Crippen LogP contribution is -2.30. The number of hydrogen-bond donors (Lipinski definition) is 1. The molecule has 1 heterocycles. The lowest BCUT2D eigenvalue weighted by Gasteiger charge is -2.13. The van der Waals surface area contributed by atoms with Crippen molar-refractivity contribution in [1.29, 1.82) is 0 Å². The summed E-state index contributed by atoms with van der Waals surface area (Å²) in [4.78, 5) is 0. The molecule has 0 fully saturated rings. The molecule has 0 bridgehead atoms. The van der Waals surface area contributed by atoms with Gasteiger partial charge < -0.3 is 5.11 Å². The Bertz CT molecular complexity index is 1020. The Morgan fingerprint density at radius 1 is 0.750 bits per heavy atom. The van der Waals surface area contributed by atoms with Gasteiger partial charge in [-0.25, -0.2) is 0 Å². The van der Waals surface area contributed by atoms with Gasteiger partial charge in [0.1, 0.15) is 12.8 Å². The fourth-order valence-corrected chi connectivity index (χ4v) is 3.64. The first-order chi connectivity index (χ1) is 11.6. The molecule has 0 unspecified atom stereocenters. The van der Waals surface area contributed by atoms with E-state index in [9.17, 15) is 5.11 Å². The van der Waals surface area contributed by atoms with Gasteiger partial charge in [-0.3, -0.25) is 0 Å². The summed E-state index contributed by atoms with van der Waals surface area (Å²) < 4.78 is 2.24. The number of aryl methyl sites for hydroxylation is 3. The zero-order chi connectivity index (χ0) is 16.8. The van der Waals surface area contributed by atoms with E-state index >= 15 is 0 Å².